The van der Waals surface area contributed by atoms with Crippen molar-refractivity contribution >= 4 is 11.6 Å². The topological polar surface area (TPSA) is 64.9 Å². The highest BCUT2D eigenvalue weighted by molar-refractivity contribution is 6.31. The molecule has 0 bridgehead atoms. The zero-order valence-corrected chi connectivity index (χ0v) is 8.63. The maximum atomic E-state index is 13.0. The van der Waals surface area contributed by atoms with Gasteiger partial charge in [-0.05, 0) is 12.1 Å². The molecule has 2 rings (SSSR count). The first-order chi connectivity index (χ1) is 7.61. The third kappa shape index (κ3) is 1.89. The molecule has 0 saturated heterocycles. The van der Waals surface area contributed by atoms with Crippen LogP contribution in [-0.2, 0) is 6.54 Å². The van der Waals surface area contributed by atoms with Gasteiger partial charge in [0.05, 0.1) is 11.6 Å². The van der Waals surface area contributed by atoms with E-state index in [1.54, 1.807) is 0 Å². The van der Waals surface area contributed by atoms with Crippen molar-refractivity contribution in [2.24, 2.45) is 5.73 Å². The summed E-state index contributed by atoms with van der Waals surface area (Å²) in [4.78, 5) is 3.86. The average Bonchev–Trinajstić information content (AvgIpc) is 2.73. The number of halogens is 3. The van der Waals surface area contributed by atoms with Crippen LogP contribution in [0.3, 0.4) is 0 Å². The van der Waals surface area contributed by atoms with Crippen molar-refractivity contribution in [2.75, 3.05) is 0 Å². The van der Waals surface area contributed by atoms with E-state index in [-0.39, 0.29) is 28.8 Å². The average molecular weight is 246 g/mol. The Morgan fingerprint density at radius 3 is 2.69 bits per heavy atom. The zero-order valence-electron chi connectivity index (χ0n) is 7.88. The zero-order chi connectivity index (χ0) is 11.7. The van der Waals surface area contributed by atoms with Crippen molar-refractivity contribution in [1.29, 1.82) is 0 Å². The van der Waals surface area contributed by atoms with E-state index in [1.165, 1.54) is 6.07 Å². The maximum absolute atomic E-state index is 13.0. The summed E-state index contributed by atoms with van der Waals surface area (Å²) in [5, 5.41) is 3.22. The molecule has 84 valence electrons. The van der Waals surface area contributed by atoms with Gasteiger partial charge in [0.15, 0.2) is 11.6 Å². The van der Waals surface area contributed by atoms with Crippen LogP contribution in [-0.4, -0.2) is 10.1 Å². The summed E-state index contributed by atoms with van der Waals surface area (Å²) in [6.07, 6.45) is 0. The molecule has 0 atom stereocenters. The molecular weight excluding hydrogens is 240 g/mol. The number of aromatic nitrogens is 2. The second kappa shape index (κ2) is 4.15. The molecule has 0 aliphatic heterocycles. The Hall–Kier alpha value is -1.53. The van der Waals surface area contributed by atoms with Gasteiger partial charge < -0.3 is 10.3 Å². The van der Waals surface area contributed by atoms with Crippen LogP contribution < -0.4 is 5.73 Å². The van der Waals surface area contributed by atoms with Gasteiger partial charge in [-0.25, -0.2) is 8.78 Å². The van der Waals surface area contributed by atoms with E-state index >= 15 is 0 Å². The first-order valence-electron chi connectivity index (χ1n) is 4.29. The van der Waals surface area contributed by atoms with Crippen LogP contribution in [0.1, 0.15) is 5.89 Å². The number of benzene rings is 1. The summed E-state index contributed by atoms with van der Waals surface area (Å²) in [6, 6.07) is 2.15. The monoisotopic (exact) mass is 245 g/mol. The van der Waals surface area contributed by atoms with Gasteiger partial charge >= 0.3 is 0 Å². The van der Waals surface area contributed by atoms with E-state index < -0.39 is 11.6 Å². The fourth-order valence-electron chi connectivity index (χ4n) is 1.14. The maximum Gasteiger partial charge on any atom is 0.240 e. The molecule has 0 aliphatic carbocycles. The summed E-state index contributed by atoms with van der Waals surface area (Å²) in [6.45, 7) is 0.0738. The summed E-state index contributed by atoms with van der Waals surface area (Å²) in [5.74, 6) is -1.85. The lowest BCUT2D eigenvalue weighted by molar-refractivity contribution is 0.380. The predicted molar refractivity (Wildman–Crippen MR) is 52.6 cm³/mol. The largest absolute Gasteiger partial charge is 0.338 e. The summed E-state index contributed by atoms with van der Waals surface area (Å²) in [5.41, 5.74) is 5.50. The van der Waals surface area contributed by atoms with Gasteiger partial charge in [0.25, 0.3) is 0 Å². The Bertz CT molecular complexity index is 506. The molecule has 1 aromatic carbocycles. The van der Waals surface area contributed by atoms with E-state index in [0.717, 1.165) is 6.07 Å². The van der Waals surface area contributed by atoms with Crippen molar-refractivity contribution in [1.82, 2.24) is 10.1 Å². The molecule has 2 aromatic rings. The van der Waals surface area contributed by atoms with Gasteiger partial charge in [0.1, 0.15) is 0 Å². The van der Waals surface area contributed by atoms with E-state index in [0.29, 0.717) is 0 Å². The molecule has 4 nitrogen and oxygen atoms in total. The Kier molecular flexibility index (Phi) is 2.84. The molecule has 1 aromatic heterocycles. The Morgan fingerprint density at radius 1 is 1.38 bits per heavy atom. The lowest BCUT2D eigenvalue weighted by Crippen LogP contribution is -1.96. The van der Waals surface area contributed by atoms with Crippen LogP contribution in [0, 0.1) is 11.6 Å². The summed E-state index contributed by atoms with van der Waals surface area (Å²) >= 11 is 5.48. The van der Waals surface area contributed by atoms with E-state index in [1.807, 2.05) is 0 Å². The fraction of sp³-hybridized carbons (Fsp3) is 0.111. The van der Waals surface area contributed by atoms with Crippen molar-refractivity contribution in [3.8, 4) is 11.4 Å². The van der Waals surface area contributed by atoms with Gasteiger partial charge in [-0.3, -0.25) is 0 Å². The summed E-state index contributed by atoms with van der Waals surface area (Å²) < 4.78 is 30.7. The number of hydrogen-bond donors (Lipinski definition) is 1. The van der Waals surface area contributed by atoms with Crippen LogP contribution in [0.5, 0.6) is 0 Å². The molecular formula is C9H6ClF2N3O. The van der Waals surface area contributed by atoms with E-state index in [4.69, 9.17) is 21.9 Å². The standard InChI is InChI=1S/C9H6ClF2N3O/c10-5-1-4(2-6(11)8(5)12)9-14-7(3-13)16-15-9/h1-2H,3,13H2. The van der Waals surface area contributed by atoms with Crippen LogP contribution >= 0.6 is 11.6 Å². The first-order valence-corrected chi connectivity index (χ1v) is 4.67. The molecule has 0 saturated carbocycles. The van der Waals surface area contributed by atoms with Gasteiger partial charge in [0.2, 0.25) is 11.7 Å². The molecule has 0 unspecified atom stereocenters. The quantitative estimate of drug-likeness (QED) is 0.823. The first kappa shape index (κ1) is 11.0. The van der Waals surface area contributed by atoms with Gasteiger partial charge in [-0.1, -0.05) is 16.8 Å². The number of hydrogen-bond acceptors (Lipinski definition) is 4. The highest BCUT2D eigenvalue weighted by Gasteiger charge is 2.13. The minimum absolute atomic E-state index is 0.0738. The molecule has 0 spiro atoms. The van der Waals surface area contributed by atoms with Crippen LogP contribution in [0.25, 0.3) is 11.4 Å². The molecule has 0 aliphatic rings. The van der Waals surface area contributed by atoms with Crippen molar-refractivity contribution in [3.63, 3.8) is 0 Å². The molecule has 1 heterocycles. The molecule has 16 heavy (non-hydrogen) atoms. The Morgan fingerprint density at radius 2 is 2.12 bits per heavy atom. The fourth-order valence-corrected chi connectivity index (χ4v) is 1.35. The van der Waals surface area contributed by atoms with Crippen LogP contribution in [0.15, 0.2) is 16.7 Å². The minimum Gasteiger partial charge on any atom is -0.338 e. The van der Waals surface area contributed by atoms with Crippen molar-refractivity contribution in [3.05, 3.63) is 34.7 Å². The number of rotatable bonds is 2. The molecule has 2 N–H and O–H groups in total. The van der Waals surface area contributed by atoms with Gasteiger partial charge in [0, 0.05) is 5.56 Å². The van der Waals surface area contributed by atoms with Crippen molar-refractivity contribution in [2.45, 2.75) is 6.54 Å². The van der Waals surface area contributed by atoms with Crippen molar-refractivity contribution < 1.29 is 13.3 Å². The second-order valence-electron chi connectivity index (χ2n) is 2.97. The van der Waals surface area contributed by atoms with E-state index in [9.17, 15) is 8.78 Å². The molecule has 0 amide bonds. The van der Waals surface area contributed by atoms with Gasteiger partial charge in [-0.2, -0.15) is 4.98 Å². The lowest BCUT2D eigenvalue weighted by Gasteiger charge is -1.98. The highest BCUT2D eigenvalue weighted by atomic mass is 35.5. The third-order valence-corrected chi connectivity index (χ3v) is 2.16. The van der Waals surface area contributed by atoms with Crippen LogP contribution in [0.4, 0.5) is 8.78 Å². The van der Waals surface area contributed by atoms with Crippen LogP contribution in [0.2, 0.25) is 5.02 Å². The SMILES string of the molecule is NCc1nc(-c2cc(F)c(F)c(Cl)c2)no1. The molecule has 0 radical (unpaired) electrons. The number of nitrogens with two attached hydrogens (primary N) is 1. The second-order valence-corrected chi connectivity index (χ2v) is 3.38. The van der Waals surface area contributed by atoms with E-state index in [2.05, 4.69) is 10.1 Å². The molecule has 0 fully saturated rings. The minimum atomic E-state index is -1.10. The Labute approximate surface area is 94.0 Å². The summed E-state index contributed by atoms with van der Waals surface area (Å²) in [7, 11) is 0. The highest BCUT2D eigenvalue weighted by Crippen LogP contribution is 2.25. The number of nitrogens with zero attached hydrogens (tertiary/aromatic N) is 2. The Balaban J connectivity index is 2.48. The normalized spacial score (nSPS) is 10.8. The molecule has 7 heteroatoms. The predicted octanol–water partition coefficient (Wildman–Crippen LogP) is 2.13. The third-order valence-electron chi connectivity index (χ3n) is 1.88. The lowest BCUT2D eigenvalue weighted by atomic mass is 10.2. The van der Waals surface area contributed by atoms with Gasteiger partial charge in [-0.15, -0.1) is 0 Å². The smallest absolute Gasteiger partial charge is 0.240 e.